The van der Waals surface area contributed by atoms with Crippen LogP contribution in [0.3, 0.4) is 0 Å². The number of nitro groups is 1. The molecule has 0 spiro atoms. The molecule has 1 aromatic carbocycles. The zero-order chi connectivity index (χ0) is 13.0. The number of nitro benzene ring substituents is 1. The lowest BCUT2D eigenvalue weighted by atomic mass is 10.00. The van der Waals surface area contributed by atoms with Crippen molar-refractivity contribution in [1.29, 1.82) is 0 Å². The number of hydrogen-bond acceptors (Lipinski definition) is 3. The number of non-ortho nitro benzene ring substituents is 1. The SMILES string of the molecule is CC(C)NC(=O)C(C)c1ccc([N+](=O)[O-])cc1. The van der Waals surface area contributed by atoms with Crippen molar-refractivity contribution in [2.75, 3.05) is 0 Å². The molecule has 0 radical (unpaired) electrons. The summed E-state index contributed by atoms with van der Waals surface area (Å²) in [5.74, 6) is -0.382. The minimum atomic E-state index is -0.456. The molecule has 0 saturated heterocycles. The number of nitrogens with zero attached hydrogens (tertiary/aromatic N) is 1. The molecule has 0 aliphatic rings. The topological polar surface area (TPSA) is 72.2 Å². The largest absolute Gasteiger partial charge is 0.353 e. The molecule has 92 valence electrons. The van der Waals surface area contributed by atoms with Gasteiger partial charge in [0.15, 0.2) is 0 Å². The van der Waals surface area contributed by atoms with E-state index in [0.717, 1.165) is 5.56 Å². The zero-order valence-electron chi connectivity index (χ0n) is 10.1. The summed E-state index contributed by atoms with van der Waals surface area (Å²) < 4.78 is 0. The van der Waals surface area contributed by atoms with Gasteiger partial charge in [0.05, 0.1) is 10.8 Å². The Morgan fingerprint density at radius 2 is 1.76 bits per heavy atom. The average molecular weight is 236 g/mol. The van der Waals surface area contributed by atoms with Crippen molar-refractivity contribution in [3.05, 3.63) is 39.9 Å². The molecule has 1 rings (SSSR count). The van der Waals surface area contributed by atoms with Crippen molar-refractivity contribution in [3.8, 4) is 0 Å². The Kier molecular flexibility index (Phi) is 4.20. The number of benzene rings is 1. The van der Waals surface area contributed by atoms with Crippen molar-refractivity contribution in [2.24, 2.45) is 0 Å². The zero-order valence-corrected chi connectivity index (χ0v) is 10.1. The van der Waals surface area contributed by atoms with Crippen LogP contribution in [-0.4, -0.2) is 16.9 Å². The molecule has 1 aromatic rings. The van der Waals surface area contributed by atoms with E-state index in [1.807, 2.05) is 13.8 Å². The third kappa shape index (κ3) is 3.55. The van der Waals surface area contributed by atoms with E-state index in [1.165, 1.54) is 12.1 Å². The molecule has 1 atom stereocenters. The molecular formula is C12H16N2O3. The van der Waals surface area contributed by atoms with E-state index in [9.17, 15) is 14.9 Å². The highest BCUT2D eigenvalue weighted by Crippen LogP contribution is 2.19. The van der Waals surface area contributed by atoms with E-state index in [-0.39, 0.29) is 23.6 Å². The Morgan fingerprint density at radius 1 is 1.24 bits per heavy atom. The van der Waals surface area contributed by atoms with E-state index in [2.05, 4.69) is 5.32 Å². The van der Waals surface area contributed by atoms with Crippen molar-refractivity contribution in [2.45, 2.75) is 32.7 Å². The smallest absolute Gasteiger partial charge is 0.269 e. The lowest BCUT2D eigenvalue weighted by Gasteiger charge is -2.14. The molecule has 0 aliphatic carbocycles. The highest BCUT2D eigenvalue weighted by molar-refractivity contribution is 5.83. The highest BCUT2D eigenvalue weighted by Gasteiger charge is 2.16. The maximum Gasteiger partial charge on any atom is 0.269 e. The van der Waals surface area contributed by atoms with E-state index in [4.69, 9.17) is 0 Å². The fraction of sp³-hybridized carbons (Fsp3) is 0.417. The van der Waals surface area contributed by atoms with Gasteiger partial charge in [0.1, 0.15) is 0 Å². The summed E-state index contributed by atoms with van der Waals surface area (Å²) in [5.41, 5.74) is 0.805. The van der Waals surface area contributed by atoms with Gasteiger partial charge in [0, 0.05) is 18.2 Å². The lowest BCUT2D eigenvalue weighted by Crippen LogP contribution is -2.33. The van der Waals surface area contributed by atoms with Gasteiger partial charge in [-0.05, 0) is 26.3 Å². The third-order valence-electron chi connectivity index (χ3n) is 2.43. The number of amides is 1. The first-order valence-corrected chi connectivity index (χ1v) is 5.46. The van der Waals surface area contributed by atoms with Crippen molar-refractivity contribution in [1.82, 2.24) is 5.32 Å². The Balaban J connectivity index is 2.79. The van der Waals surface area contributed by atoms with Crippen molar-refractivity contribution >= 4 is 11.6 Å². The van der Waals surface area contributed by atoms with Gasteiger partial charge in [-0.2, -0.15) is 0 Å². The molecular weight excluding hydrogens is 220 g/mol. The van der Waals surface area contributed by atoms with Crippen LogP contribution in [0.15, 0.2) is 24.3 Å². The number of nitrogens with one attached hydrogen (secondary N) is 1. The monoisotopic (exact) mass is 236 g/mol. The van der Waals surface area contributed by atoms with Crippen LogP contribution in [0, 0.1) is 10.1 Å². The maximum absolute atomic E-state index is 11.7. The molecule has 1 unspecified atom stereocenters. The second-order valence-electron chi connectivity index (χ2n) is 4.23. The van der Waals surface area contributed by atoms with Crippen LogP contribution < -0.4 is 5.32 Å². The van der Waals surface area contributed by atoms with Crippen LogP contribution in [0.2, 0.25) is 0 Å². The van der Waals surface area contributed by atoms with Crippen molar-refractivity contribution < 1.29 is 9.72 Å². The van der Waals surface area contributed by atoms with Gasteiger partial charge in [-0.3, -0.25) is 14.9 Å². The number of carbonyl (C=O) groups is 1. The summed E-state index contributed by atoms with van der Waals surface area (Å²) in [7, 11) is 0. The minimum Gasteiger partial charge on any atom is -0.353 e. The normalized spacial score (nSPS) is 12.2. The summed E-state index contributed by atoms with van der Waals surface area (Å²) in [4.78, 5) is 21.8. The van der Waals surface area contributed by atoms with Gasteiger partial charge in [0.2, 0.25) is 5.91 Å². The van der Waals surface area contributed by atoms with Gasteiger partial charge in [-0.15, -0.1) is 0 Å². The molecule has 0 aromatic heterocycles. The molecule has 0 bridgehead atoms. The second-order valence-corrected chi connectivity index (χ2v) is 4.23. The summed E-state index contributed by atoms with van der Waals surface area (Å²) in [6.07, 6.45) is 0. The van der Waals surface area contributed by atoms with Crippen LogP contribution in [0.4, 0.5) is 5.69 Å². The van der Waals surface area contributed by atoms with Crippen LogP contribution in [-0.2, 0) is 4.79 Å². The van der Waals surface area contributed by atoms with Gasteiger partial charge < -0.3 is 5.32 Å². The number of carbonyl (C=O) groups excluding carboxylic acids is 1. The number of hydrogen-bond donors (Lipinski definition) is 1. The Hall–Kier alpha value is -1.91. The van der Waals surface area contributed by atoms with Gasteiger partial charge in [-0.1, -0.05) is 12.1 Å². The molecule has 17 heavy (non-hydrogen) atoms. The lowest BCUT2D eigenvalue weighted by molar-refractivity contribution is -0.384. The molecule has 1 N–H and O–H groups in total. The summed E-state index contributed by atoms with van der Waals surface area (Å²) in [5, 5.41) is 13.3. The van der Waals surface area contributed by atoms with Crippen LogP contribution in [0.5, 0.6) is 0 Å². The van der Waals surface area contributed by atoms with Crippen molar-refractivity contribution in [3.63, 3.8) is 0 Å². The Morgan fingerprint density at radius 3 is 2.18 bits per heavy atom. The summed E-state index contributed by atoms with van der Waals surface area (Å²) in [6, 6.07) is 6.14. The molecule has 0 saturated carbocycles. The predicted octanol–water partition coefficient (Wildman–Crippen LogP) is 2.22. The maximum atomic E-state index is 11.7. The second kappa shape index (κ2) is 5.43. The first-order valence-electron chi connectivity index (χ1n) is 5.46. The first-order chi connectivity index (χ1) is 7.91. The first kappa shape index (κ1) is 13.2. The summed E-state index contributed by atoms with van der Waals surface area (Å²) in [6.45, 7) is 5.56. The molecule has 0 fully saturated rings. The molecule has 1 amide bonds. The van der Waals surface area contributed by atoms with Crippen LogP contribution in [0.1, 0.15) is 32.3 Å². The Labute approximate surface area is 100.0 Å². The molecule has 0 aliphatic heterocycles. The van der Waals surface area contributed by atoms with Crippen LogP contribution >= 0.6 is 0 Å². The molecule has 5 nitrogen and oxygen atoms in total. The number of rotatable bonds is 4. The molecule has 5 heteroatoms. The van der Waals surface area contributed by atoms with E-state index in [1.54, 1.807) is 19.1 Å². The molecule has 0 heterocycles. The predicted molar refractivity (Wildman–Crippen MR) is 64.8 cm³/mol. The van der Waals surface area contributed by atoms with Crippen LogP contribution in [0.25, 0.3) is 0 Å². The minimum absolute atomic E-state index is 0.0326. The van der Waals surface area contributed by atoms with Gasteiger partial charge in [-0.25, -0.2) is 0 Å². The van der Waals surface area contributed by atoms with E-state index < -0.39 is 4.92 Å². The summed E-state index contributed by atoms with van der Waals surface area (Å²) >= 11 is 0. The fourth-order valence-electron chi connectivity index (χ4n) is 1.45. The van der Waals surface area contributed by atoms with Gasteiger partial charge >= 0.3 is 0 Å². The van der Waals surface area contributed by atoms with E-state index >= 15 is 0 Å². The fourth-order valence-corrected chi connectivity index (χ4v) is 1.45. The Bertz CT molecular complexity index is 412. The highest BCUT2D eigenvalue weighted by atomic mass is 16.6. The van der Waals surface area contributed by atoms with E-state index in [0.29, 0.717) is 0 Å². The third-order valence-corrected chi connectivity index (χ3v) is 2.43. The quantitative estimate of drug-likeness (QED) is 0.643. The average Bonchev–Trinajstić information content (AvgIpc) is 2.27. The standard InChI is InChI=1S/C12H16N2O3/c1-8(2)13-12(15)9(3)10-4-6-11(7-5-10)14(16)17/h4-9H,1-3H3,(H,13,15). The van der Waals surface area contributed by atoms with Gasteiger partial charge in [0.25, 0.3) is 5.69 Å².